The Hall–Kier alpha value is 1.99. The third-order valence-corrected chi connectivity index (χ3v) is 4.83. The second-order valence-electron chi connectivity index (χ2n) is 4.35. The first-order valence-corrected chi connectivity index (χ1v) is 8.09. The average molecular weight is 350 g/mol. The maximum absolute atomic E-state index is 10.9. The molecule has 0 aliphatic heterocycles. The molecule has 13 heteroatoms. The molecule has 0 bridgehead atoms. The Morgan fingerprint density at radius 1 is 1.21 bits per heavy atom. The summed E-state index contributed by atoms with van der Waals surface area (Å²) in [5.41, 5.74) is -3.10. The minimum atomic E-state index is -5.52. The predicted octanol–water partition coefficient (Wildman–Crippen LogP) is -7.37. The van der Waals surface area contributed by atoms with Crippen LogP contribution in [0.15, 0.2) is 0 Å². The van der Waals surface area contributed by atoms with Crippen molar-refractivity contribution in [3.8, 4) is 0 Å². The van der Waals surface area contributed by atoms with Crippen LogP contribution in [0.4, 0.5) is 0 Å². The minimum absolute atomic E-state index is 0. The molecule has 0 radical (unpaired) electrons. The first-order chi connectivity index (χ1) is 7.23. The number of hydrogen-bond donors (Lipinski definition) is 4. The van der Waals surface area contributed by atoms with Crippen molar-refractivity contribution in [1.82, 2.24) is 10.6 Å². The van der Waals surface area contributed by atoms with Crippen LogP contribution >= 0.6 is 27.4 Å². The van der Waals surface area contributed by atoms with Gasteiger partial charge in [-0.25, -0.2) is 0 Å². The van der Waals surface area contributed by atoms with E-state index >= 15 is 0 Å². The van der Waals surface area contributed by atoms with Crippen LogP contribution in [0.2, 0.25) is 0 Å². The Kier molecular flexibility index (Phi) is 12.6. The molecular weight excluding hydrogens is 336 g/mol. The SMILES string of the molecule is CC(C)(C)NC(=S)NC(P(=O)([O-])[O-])P(=O)(O)O.[Na+].[Na+]. The van der Waals surface area contributed by atoms with Gasteiger partial charge in [-0.1, -0.05) is 0 Å². The fraction of sp³-hybridized carbons (Fsp3) is 0.833. The summed E-state index contributed by atoms with van der Waals surface area (Å²) >= 11 is 4.65. The molecule has 0 saturated heterocycles. The fourth-order valence-electron chi connectivity index (χ4n) is 0.841. The average Bonchev–Trinajstić information content (AvgIpc) is 1.91. The molecule has 0 saturated carbocycles. The van der Waals surface area contributed by atoms with E-state index in [1.54, 1.807) is 20.8 Å². The zero-order valence-corrected chi connectivity index (χ0v) is 18.0. The molecule has 0 amide bonds. The quantitative estimate of drug-likeness (QED) is 0.222. The molecule has 0 aromatic heterocycles. The van der Waals surface area contributed by atoms with Crippen LogP contribution < -0.4 is 79.5 Å². The van der Waals surface area contributed by atoms with Crippen LogP contribution in [0.3, 0.4) is 0 Å². The van der Waals surface area contributed by atoms with Crippen LogP contribution in [0.25, 0.3) is 0 Å². The van der Waals surface area contributed by atoms with Gasteiger partial charge < -0.3 is 34.8 Å². The number of nitrogens with one attached hydrogen (secondary N) is 2. The van der Waals surface area contributed by atoms with Crippen LogP contribution in [0, 0.1) is 0 Å². The number of hydrogen-bond acceptors (Lipinski definition) is 5. The normalized spacial score (nSPS) is 13.6. The van der Waals surface area contributed by atoms with Crippen molar-refractivity contribution in [2.24, 2.45) is 0 Å². The Labute approximate surface area is 161 Å². The van der Waals surface area contributed by atoms with Gasteiger partial charge in [-0.15, -0.1) is 0 Å². The monoisotopic (exact) mass is 350 g/mol. The van der Waals surface area contributed by atoms with Gasteiger partial charge in [0.1, 0.15) is 0 Å². The summed E-state index contributed by atoms with van der Waals surface area (Å²) in [4.78, 5) is 38.9. The van der Waals surface area contributed by atoms with Crippen molar-refractivity contribution < 1.29 is 87.8 Å². The van der Waals surface area contributed by atoms with Gasteiger partial charge in [-0.3, -0.25) is 4.57 Å². The molecule has 0 heterocycles. The van der Waals surface area contributed by atoms with Crippen molar-refractivity contribution in [2.75, 3.05) is 0 Å². The Morgan fingerprint density at radius 2 is 1.58 bits per heavy atom. The molecule has 0 spiro atoms. The van der Waals surface area contributed by atoms with Crippen molar-refractivity contribution >= 4 is 32.5 Å². The maximum Gasteiger partial charge on any atom is 1.00 e. The summed E-state index contributed by atoms with van der Waals surface area (Å²) in [6.45, 7) is 5.09. The van der Waals surface area contributed by atoms with E-state index in [1.807, 2.05) is 5.32 Å². The van der Waals surface area contributed by atoms with E-state index in [1.165, 1.54) is 0 Å². The van der Waals surface area contributed by atoms with Gasteiger partial charge in [0.05, 0.1) is 0 Å². The van der Waals surface area contributed by atoms with Gasteiger partial charge in [-0.05, 0) is 40.6 Å². The molecule has 8 nitrogen and oxygen atoms in total. The van der Waals surface area contributed by atoms with E-state index in [0.29, 0.717) is 0 Å². The predicted molar refractivity (Wildman–Crippen MR) is 62.1 cm³/mol. The summed E-state index contributed by atoms with van der Waals surface area (Å²) in [7, 11) is -10.7. The summed E-state index contributed by atoms with van der Waals surface area (Å²) in [5.74, 6) is 0. The van der Waals surface area contributed by atoms with Gasteiger partial charge in [0.15, 0.2) is 10.6 Å². The fourth-order valence-corrected chi connectivity index (χ4v) is 3.50. The number of rotatable bonds is 3. The van der Waals surface area contributed by atoms with Crippen LogP contribution in [0.1, 0.15) is 20.8 Å². The molecule has 102 valence electrons. The third kappa shape index (κ3) is 12.2. The Balaban J connectivity index is -0.00000128. The van der Waals surface area contributed by atoms with Crippen LogP contribution in [-0.4, -0.2) is 26.0 Å². The zero-order chi connectivity index (χ0) is 14.1. The molecule has 0 aromatic carbocycles. The van der Waals surface area contributed by atoms with Crippen molar-refractivity contribution in [3.05, 3.63) is 0 Å². The molecule has 0 aliphatic carbocycles. The van der Waals surface area contributed by atoms with E-state index < -0.39 is 26.3 Å². The first kappa shape index (κ1) is 25.9. The smallest absolute Gasteiger partial charge is 0.809 e. The number of thiocarbonyl (C=S) groups is 1. The summed E-state index contributed by atoms with van der Waals surface area (Å²) in [6.07, 6.45) is 0. The minimum Gasteiger partial charge on any atom is -0.809 e. The second-order valence-corrected chi connectivity index (χ2v) is 8.46. The largest absolute Gasteiger partial charge is 1.00 e. The Morgan fingerprint density at radius 3 is 1.79 bits per heavy atom. The van der Waals surface area contributed by atoms with Crippen molar-refractivity contribution in [2.45, 2.75) is 31.8 Å². The molecule has 0 aliphatic rings. The van der Waals surface area contributed by atoms with Gasteiger partial charge in [0, 0.05) is 5.54 Å². The standard InChI is InChI=1S/C6H16N2O6P2S.2Na/c1-6(2,3)8-4(17)7-5(15(9,10)11)16(12,13)14;;/h5H,1-3H3,(H2,7,8,17)(H2,9,10,11)(H2,12,13,14);;/q;2*+1/p-2. The van der Waals surface area contributed by atoms with Gasteiger partial charge in [0.2, 0.25) is 0 Å². The molecular formula is C6H14N2Na2O6P2S. The van der Waals surface area contributed by atoms with Crippen LogP contribution in [-0.2, 0) is 9.13 Å². The topological polar surface area (TPSA) is 145 Å². The van der Waals surface area contributed by atoms with E-state index in [9.17, 15) is 18.9 Å². The van der Waals surface area contributed by atoms with Gasteiger partial charge >= 0.3 is 66.7 Å². The first-order valence-electron chi connectivity index (χ1n) is 4.39. The molecule has 19 heavy (non-hydrogen) atoms. The van der Waals surface area contributed by atoms with Gasteiger partial charge in [0.25, 0.3) is 0 Å². The summed E-state index contributed by atoms with van der Waals surface area (Å²) in [5, 5.41) is 4.07. The molecule has 0 rings (SSSR count). The van der Waals surface area contributed by atoms with Crippen molar-refractivity contribution in [3.63, 3.8) is 0 Å². The van der Waals surface area contributed by atoms with Crippen LogP contribution in [0.5, 0.6) is 0 Å². The van der Waals surface area contributed by atoms with E-state index in [4.69, 9.17) is 9.79 Å². The molecule has 0 fully saturated rings. The Bertz CT molecular complexity index is 370. The second kappa shape index (κ2) is 9.20. The van der Waals surface area contributed by atoms with Gasteiger partial charge in [-0.2, -0.15) is 0 Å². The summed E-state index contributed by atoms with van der Waals surface area (Å²) < 4.78 is 21.6. The zero-order valence-electron chi connectivity index (χ0n) is 11.4. The van der Waals surface area contributed by atoms with E-state index in [2.05, 4.69) is 17.5 Å². The maximum atomic E-state index is 10.9. The molecule has 4 N–H and O–H groups in total. The van der Waals surface area contributed by atoms with E-state index in [0.717, 1.165) is 0 Å². The molecule has 1 unspecified atom stereocenters. The van der Waals surface area contributed by atoms with E-state index in [-0.39, 0.29) is 64.2 Å². The third-order valence-electron chi connectivity index (χ3n) is 1.37. The molecule has 1 atom stereocenters. The van der Waals surface area contributed by atoms with Crippen molar-refractivity contribution in [1.29, 1.82) is 0 Å². The molecule has 0 aromatic rings. The summed E-state index contributed by atoms with van der Waals surface area (Å²) in [6, 6.07) is 0.